The zero-order valence-electron chi connectivity index (χ0n) is 13.1. The van der Waals surface area contributed by atoms with Gasteiger partial charge in [0.25, 0.3) is 5.91 Å². The van der Waals surface area contributed by atoms with E-state index in [1.807, 2.05) is 18.2 Å². The maximum Gasteiger partial charge on any atom is 0.272 e. The Bertz CT molecular complexity index is 966. The molecule has 0 aliphatic heterocycles. The maximum atomic E-state index is 12.6. The second-order valence-electron chi connectivity index (χ2n) is 5.99. The lowest BCUT2D eigenvalue weighted by Crippen LogP contribution is -2.46. The van der Waals surface area contributed by atoms with Crippen molar-refractivity contribution in [2.24, 2.45) is 0 Å². The topological polar surface area (TPSA) is 119 Å². The van der Waals surface area contributed by atoms with Crippen molar-refractivity contribution < 1.29 is 9.90 Å². The summed E-state index contributed by atoms with van der Waals surface area (Å²) in [4.78, 5) is 20.7. The zero-order chi connectivity index (χ0) is 17.6. The van der Waals surface area contributed by atoms with Gasteiger partial charge in [0.15, 0.2) is 11.5 Å². The van der Waals surface area contributed by atoms with Crippen molar-refractivity contribution >= 4 is 45.3 Å². The Kier molecular flexibility index (Phi) is 4.04. The van der Waals surface area contributed by atoms with Crippen molar-refractivity contribution in [3.05, 3.63) is 39.7 Å². The lowest BCUT2D eigenvalue weighted by atomic mass is 9.89. The summed E-state index contributed by atoms with van der Waals surface area (Å²) in [6.45, 7) is 0. The largest absolute Gasteiger partial charge is 0.393 e. The number of hydrogen-bond acceptors (Lipinski definition) is 6. The van der Waals surface area contributed by atoms with Crippen LogP contribution < -0.4 is 11.1 Å². The Morgan fingerprint density at radius 3 is 2.88 bits per heavy atom. The van der Waals surface area contributed by atoms with Gasteiger partial charge in [0.05, 0.1) is 11.6 Å². The molecule has 4 rings (SSSR count). The van der Waals surface area contributed by atoms with Gasteiger partial charge in [-0.2, -0.15) is 10.1 Å². The molecule has 1 fully saturated rings. The number of nitrogens with one attached hydrogen (secondary N) is 1. The number of fused-ring (bicyclic) bond motifs is 1. The first-order chi connectivity index (χ1) is 12.0. The molecule has 8 nitrogen and oxygen atoms in total. The number of amides is 1. The molecule has 1 saturated carbocycles. The van der Waals surface area contributed by atoms with Crippen LogP contribution in [-0.4, -0.2) is 42.9 Å². The quantitative estimate of drug-likeness (QED) is 0.517. The Balaban J connectivity index is 1.78. The Hall–Kier alpha value is -2.27. The van der Waals surface area contributed by atoms with E-state index in [4.69, 9.17) is 5.73 Å². The van der Waals surface area contributed by atoms with Crippen LogP contribution in [0.3, 0.4) is 0 Å². The molecule has 0 saturated heterocycles. The van der Waals surface area contributed by atoms with E-state index in [1.54, 1.807) is 16.9 Å². The third-order valence-electron chi connectivity index (χ3n) is 4.18. The van der Waals surface area contributed by atoms with E-state index >= 15 is 0 Å². The van der Waals surface area contributed by atoms with E-state index in [1.165, 1.54) is 0 Å². The van der Waals surface area contributed by atoms with Crippen LogP contribution in [0, 0.1) is 3.57 Å². The average Bonchev–Trinajstić information content (AvgIpc) is 2.92. The van der Waals surface area contributed by atoms with Crippen molar-refractivity contribution in [2.75, 3.05) is 5.73 Å². The molecule has 2 aromatic heterocycles. The number of nitrogens with two attached hydrogens (primary N) is 1. The third-order valence-corrected chi connectivity index (χ3v) is 4.85. The fourth-order valence-corrected chi connectivity index (χ4v) is 3.35. The van der Waals surface area contributed by atoms with Gasteiger partial charge in [-0.25, -0.2) is 9.67 Å². The van der Waals surface area contributed by atoms with Gasteiger partial charge < -0.3 is 16.2 Å². The summed E-state index contributed by atoms with van der Waals surface area (Å²) in [5.74, 6) is 0.378. The number of anilines is 1. The summed E-state index contributed by atoms with van der Waals surface area (Å²) in [7, 11) is 0. The van der Waals surface area contributed by atoms with Gasteiger partial charge in [-0.1, -0.05) is 0 Å². The normalized spacial score (nSPS) is 19.6. The molecule has 1 amide bonds. The number of aromatic nitrogens is 4. The zero-order valence-corrected chi connectivity index (χ0v) is 15.2. The van der Waals surface area contributed by atoms with E-state index in [-0.39, 0.29) is 24.0 Å². The summed E-state index contributed by atoms with van der Waals surface area (Å²) >= 11 is 2.21. The average molecular weight is 450 g/mol. The van der Waals surface area contributed by atoms with Gasteiger partial charge in [-0.05, 0) is 53.6 Å². The van der Waals surface area contributed by atoms with Gasteiger partial charge in [0, 0.05) is 27.3 Å². The van der Waals surface area contributed by atoms with Crippen LogP contribution in [-0.2, 0) is 0 Å². The Morgan fingerprint density at radius 2 is 2.16 bits per heavy atom. The second kappa shape index (κ2) is 6.23. The molecule has 128 valence electrons. The number of halogens is 1. The minimum absolute atomic E-state index is 0.0127. The lowest BCUT2D eigenvalue weighted by Gasteiger charge is -2.31. The molecule has 1 aromatic carbocycles. The van der Waals surface area contributed by atoms with Crippen LogP contribution in [0.4, 0.5) is 5.95 Å². The predicted molar refractivity (Wildman–Crippen MR) is 100 cm³/mol. The van der Waals surface area contributed by atoms with Crippen molar-refractivity contribution in [3.8, 4) is 5.82 Å². The first-order valence-corrected chi connectivity index (χ1v) is 8.85. The van der Waals surface area contributed by atoms with Gasteiger partial charge in [-0.15, -0.1) is 0 Å². The Labute approximate surface area is 156 Å². The van der Waals surface area contributed by atoms with E-state index in [0.29, 0.717) is 24.4 Å². The summed E-state index contributed by atoms with van der Waals surface area (Å²) in [5, 5.41) is 17.5. The standard InChI is InChI=1S/C16H15IN6O2/c17-8-1-2-11-12(5-8)23(13-3-4-19-16(18)21-13)22-14(11)15(25)20-9-6-10(24)7-9/h1-5,9-10,24H,6-7H2,(H,20,25)(H2,18,19,21). The van der Waals surface area contributed by atoms with Crippen LogP contribution in [0.15, 0.2) is 30.5 Å². The molecular formula is C16H15IN6O2. The number of carbonyl (C=O) groups is 1. The van der Waals surface area contributed by atoms with Crippen LogP contribution in [0.2, 0.25) is 0 Å². The Morgan fingerprint density at radius 1 is 1.36 bits per heavy atom. The number of carbonyl (C=O) groups excluding carboxylic acids is 1. The molecule has 3 aromatic rings. The highest BCUT2D eigenvalue weighted by atomic mass is 127. The minimum Gasteiger partial charge on any atom is -0.393 e. The molecule has 9 heteroatoms. The van der Waals surface area contributed by atoms with Gasteiger partial charge >= 0.3 is 0 Å². The maximum absolute atomic E-state index is 12.6. The fourth-order valence-electron chi connectivity index (χ4n) is 2.87. The minimum atomic E-state index is -0.329. The molecule has 1 aliphatic rings. The lowest BCUT2D eigenvalue weighted by molar-refractivity contribution is 0.0561. The number of aliphatic hydroxyl groups excluding tert-OH is 1. The van der Waals surface area contributed by atoms with Crippen LogP contribution in [0.25, 0.3) is 16.7 Å². The van der Waals surface area contributed by atoms with E-state index < -0.39 is 0 Å². The summed E-state index contributed by atoms with van der Waals surface area (Å²) in [6.07, 6.45) is 2.37. The highest BCUT2D eigenvalue weighted by molar-refractivity contribution is 14.1. The number of benzene rings is 1. The van der Waals surface area contributed by atoms with Crippen LogP contribution >= 0.6 is 22.6 Å². The molecule has 0 atom stereocenters. The summed E-state index contributed by atoms with van der Waals surface area (Å²) in [5.41, 5.74) is 6.76. The number of aliphatic hydroxyl groups is 1. The van der Waals surface area contributed by atoms with E-state index in [2.05, 4.69) is 43.0 Å². The summed E-state index contributed by atoms with van der Waals surface area (Å²) in [6, 6.07) is 7.40. The van der Waals surface area contributed by atoms with Crippen LogP contribution in [0.5, 0.6) is 0 Å². The SMILES string of the molecule is Nc1nccc(-n2nc(C(=O)NC3CC(O)C3)c3ccc(I)cc32)n1. The van der Waals surface area contributed by atoms with Crippen molar-refractivity contribution in [3.63, 3.8) is 0 Å². The van der Waals surface area contributed by atoms with Crippen molar-refractivity contribution in [1.29, 1.82) is 0 Å². The smallest absolute Gasteiger partial charge is 0.272 e. The summed E-state index contributed by atoms with van der Waals surface area (Å²) < 4.78 is 2.61. The van der Waals surface area contributed by atoms with E-state index in [0.717, 1.165) is 14.5 Å². The predicted octanol–water partition coefficient (Wildman–Crippen LogP) is 1.26. The first-order valence-electron chi connectivity index (χ1n) is 7.77. The van der Waals surface area contributed by atoms with Crippen LogP contribution in [0.1, 0.15) is 23.3 Å². The highest BCUT2D eigenvalue weighted by Crippen LogP contribution is 2.25. The third kappa shape index (κ3) is 3.04. The second-order valence-corrected chi connectivity index (χ2v) is 7.24. The van der Waals surface area contributed by atoms with Gasteiger partial charge in [0.1, 0.15) is 0 Å². The number of rotatable bonds is 3. The molecule has 25 heavy (non-hydrogen) atoms. The molecule has 0 unspecified atom stereocenters. The molecule has 1 aliphatic carbocycles. The number of nitrogen functional groups attached to an aromatic ring is 1. The monoisotopic (exact) mass is 450 g/mol. The number of hydrogen-bond donors (Lipinski definition) is 3. The van der Waals surface area contributed by atoms with E-state index in [9.17, 15) is 9.90 Å². The molecule has 0 spiro atoms. The molecular weight excluding hydrogens is 435 g/mol. The molecule has 0 bridgehead atoms. The van der Waals surface area contributed by atoms with Gasteiger partial charge in [-0.3, -0.25) is 4.79 Å². The van der Waals surface area contributed by atoms with Crippen molar-refractivity contribution in [1.82, 2.24) is 25.1 Å². The first kappa shape index (κ1) is 16.2. The molecule has 4 N–H and O–H groups in total. The molecule has 2 heterocycles. The fraction of sp³-hybridized carbons (Fsp3) is 0.250. The van der Waals surface area contributed by atoms with Crippen molar-refractivity contribution in [2.45, 2.75) is 25.0 Å². The number of nitrogens with zero attached hydrogens (tertiary/aromatic N) is 4. The van der Waals surface area contributed by atoms with Gasteiger partial charge in [0.2, 0.25) is 5.95 Å². The highest BCUT2D eigenvalue weighted by Gasteiger charge is 2.30. The molecule has 0 radical (unpaired) electrons.